The van der Waals surface area contributed by atoms with Crippen molar-refractivity contribution in [1.82, 2.24) is 0 Å². The molecule has 0 radical (unpaired) electrons. The number of thioether (sulfide) groups is 1. The predicted octanol–water partition coefficient (Wildman–Crippen LogP) is 3.09. The number of rotatable bonds is 6. The standard InChI is InChI=1S/C16H19NO3S/c1-19-11-5-6-12(14(9-11)21-2)17-16(10-3-4-10)13-7-8-15(18)20-13/h5-10,13,16-17H,3-4H2,1-2H3/t13-,16+/m1/s1. The van der Waals surface area contributed by atoms with Crippen molar-refractivity contribution < 1.29 is 14.3 Å². The Morgan fingerprint density at radius 1 is 1.43 bits per heavy atom. The lowest BCUT2D eigenvalue weighted by Gasteiger charge is -2.25. The van der Waals surface area contributed by atoms with E-state index in [9.17, 15) is 4.79 Å². The molecule has 1 heterocycles. The monoisotopic (exact) mass is 305 g/mol. The van der Waals surface area contributed by atoms with E-state index in [1.54, 1.807) is 18.9 Å². The van der Waals surface area contributed by atoms with Crippen LogP contribution in [0.1, 0.15) is 12.8 Å². The molecule has 0 unspecified atom stereocenters. The first-order valence-corrected chi connectivity index (χ1v) is 8.31. The molecule has 0 spiro atoms. The van der Waals surface area contributed by atoms with Crippen LogP contribution in [0.25, 0.3) is 0 Å². The van der Waals surface area contributed by atoms with Crippen LogP contribution >= 0.6 is 11.8 Å². The summed E-state index contributed by atoms with van der Waals surface area (Å²) in [6.45, 7) is 0. The summed E-state index contributed by atoms with van der Waals surface area (Å²) in [5.41, 5.74) is 1.07. The summed E-state index contributed by atoms with van der Waals surface area (Å²) in [4.78, 5) is 12.4. The molecule has 112 valence electrons. The van der Waals surface area contributed by atoms with Crippen LogP contribution in [0.4, 0.5) is 5.69 Å². The van der Waals surface area contributed by atoms with E-state index in [1.165, 1.54) is 18.9 Å². The third kappa shape index (κ3) is 3.18. The van der Waals surface area contributed by atoms with Crippen LogP contribution in [0.15, 0.2) is 35.2 Å². The van der Waals surface area contributed by atoms with Crippen LogP contribution in [0.2, 0.25) is 0 Å². The van der Waals surface area contributed by atoms with E-state index in [0.29, 0.717) is 5.92 Å². The molecule has 1 fully saturated rings. The van der Waals surface area contributed by atoms with Crippen LogP contribution in [0.3, 0.4) is 0 Å². The van der Waals surface area contributed by atoms with Gasteiger partial charge in [0.25, 0.3) is 0 Å². The fourth-order valence-corrected chi connectivity index (χ4v) is 3.18. The van der Waals surface area contributed by atoms with Gasteiger partial charge < -0.3 is 14.8 Å². The number of carbonyl (C=O) groups excluding carboxylic acids is 1. The molecule has 1 N–H and O–H groups in total. The maximum Gasteiger partial charge on any atom is 0.331 e. The Kier molecular flexibility index (Phi) is 4.10. The zero-order chi connectivity index (χ0) is 14.8. The summed E-state index contributed by atoms with van der Waals surface area (Å²) < 4.78 is 10.6. The summed E-state index contributed by atoms with van der Waals surface area (Å²) in [7, 11) is 1.67. The smallest absolute Gasteiger partial charge is 0.331 e. The van der Waals surface area contributed by atoms with Crippen molar-refractivity contribution in [2.45, 2.75) is 29.9 Å². The Hall–Kier alpha value is -1.62. The quantitative estimate of drug-likeness (QED) is 0.646. The number of nitrogens with one attached hydrogen (secondary N) is 1. The lowest BCUT2D eigenvalue weighted by molar-refractivity contribution is -0.139. The lowest BCUT2D eigenvalue weighted by Crippen LogP contribution is -2.35. The van der Waals surface area contributed by atoms with Crippen molar-refractivity contribution >= 4 is 23.4 Å². The molecule has 0 amide bonds. The highest BCUT2D eigenvalue weighted by Gasteiger charge is 2.39. The molecule has 0 bridgehead atoms. The van der Waals surface area contributed by atoms with Gasteiger partial charge in [-0.25, -0.2) is 4.79 Å². The second kappa shape index (κ2) is 6.02. The Labute approximate surface area is 128 Å². The van der Waals surface area contributed by atoms with Gasteiger partial charge in [-0.15, -0.1) is 11.8 Å². The maximum absolute atomic E-state index is 11.3. The molecule has 2 atom stereocenters. The molecular weight excluding hydrogens is 286 g/mol. The van der Waals surface area contributed by atoms with E-state index >= 15 is 0 Å². The van der Waals surface area contributed by atoms with Crippen molar-refractivity contribution in [3.63, 3.8) is 0 Å². The Morgan fingerprint density at radius 2 is 2.24 bits per heavy atom. The molecule has 3 rings (SSSR count). The normalized spacial score (nSPS) is 22.0. The number of methoxy groups -OCH3 is 1. The first kappa shape index (κ1) is 14.3. The molecule has 4 nitrogen and oxygen atoms in total. The summed E-state index contributed by atoms with van der Waals surface area (Å²) in [5, 5.41) is 3.57. The zero-order valence-electron chi connectivity index (χ0n) is 12.2. The minimum atomic E-state index is -0.243. The molecular formula is C16H19NO3S. The van der Waals surface area contributed by atoms with Crippen molar-refractivity contribution in [1.29, 1.82) is 0 Å². The van der Waals surface area contributed by atoms with Crippen molar-refractivity contribution in [2.24, 2.45) is 5.92 Å². The fourth-order valence-electron chi connectivity index (χ4n) is 2.60. The molecule has 5 heteroatoms. The number of esters is 1. The second-order valence-corrected chi connectivity index (χ2v) is 6.18. The number of benzene rings is 1. The minimum Gasteiger partial charge on any atom is -0.497 e. The van der Waals surface area contributed by atoms with E-state index in [2.05, 4.69) is 5.32 Å². The number of carbonyl (C=O) groups is 1. The van der Waals surface area contributed by atoms with Gasteiger partial charge in [-0.1, -0.05) is 0 Å². The number of ether oxygens (including phenoxy) is 2. The highest BCUT2D eigenvalue weighted by Crippen LogP contribution is 2.39. The van der Waals surface area contributed by atoms with Gasteiger partial charge in [0.2, 0.25) is 0 Å². The number of hydrogen-bond donors (Lipinski definition) is 1. The SMILES string of the molecule is COc1ccc(N[C@@H](C2CC2)[C@H]2C=CC(=O)O2)c(SC)c1. The third-order valence-corrected chi connectivity index (χ3v) is 4.67. The Bertz CT molecular complexity index is 569. The van der Waals surface area contributed by atoms with Crippen molar-refractivity contribution in [2.75, 3.05) is 18.7 Å². The van der Waals surface area contributed by atoms with Crippen LogP contribution < -0.4 is 10.1 Å². The highest BCUT2D eigenvalue weighted by atomic mass is 32.2. The fraction of sp³-hybridized carbons (Fsp3) is 0.438. The molecule has 0 aromatic heterocycles. The molecule has 0 saturated heterocycles. The van der Waals surface area contributed by atoms with Gasteiger partial charge in [0.05, 0.1) is 13.2 Å². The van der Waals surface area contributed by atoms with Crippen LogP contribution in [0.5, 0.6) is 5.75 Å². The topological polar surface area (TPSA) is 47.6 Å². The molecule has 21 heavy (non-hydrogen) atoms. The van der Waals surface area contributed by atoms with E-state index in [0.717, 1.165) is 16.3 Å². The van der Waals surface area contributed by atoms with Gasteiger partial charge in [-0.2, -0.15) is 0 Å². The number of hydrogen-bond acceptors (Lipinski definition) is 5. The first-order valence-electron chi connectivity index (χ1n) is 7.08. The van der Waals surface area contributed by atoms with Gasteiger partial charge >= 0.3 is 5.97 Å². The van der Waals surface area contributed by atoms with Crippen molar-refractivity contribution in [3.05, 3.63) is 30.4 Å². The van der Waals surface area contributed by atoms with Crippen LogP contribution in [-0.4, -0.2) is 31.5 Å². The molecule has 1 aliphatic heterocycles. The largest absolute Gasteiger partial charge is 0.497 e. The summed E-state index contributed by atoms with van der Waals surface area (Å²) in [6, 6.07) is 6.14. The van der Waals surface area contributed by atoms with Crippen LogP contribution in [0, 0.1) is 5.92 Å². The van der Waals surface area contributed by atoms with E-state index in [1.807, 2.05) is 30.5 Å². The number of anilines is 1. The average molecular weight is 305 g/mol. The van der Waals surface area contributed by atoms with Gasteiger partial charge in [0.1, 0.15) is 11.9 Å². The summed E-state index contributed by atoms with van der Waals surface area (Å²) in [5.74, 6) is 1.18. The summed E-state index contributed by atoms with van der Waals surface area (Å²) >= 11 is 1.67. The molecule has 2 aliphatic rings. The number of cyclic esters (lactones) is 1. The predicted molar refractivity (Wildman–Crippen MR) is 83.9 cm³/mol. The highest BCUT2D eigenvalue weighted by molar-refractivity contribution is 7.98. The minimum absolute atomic E-state index is 0.145. The first-order chi connectivity index (χ1) is 10.2. The summed E-state index contributed by atoms with van der Waals surface area (Å²) in [6.07, 6.45) is 7.63. The van der Waals surface area contributed by atoms with Crippen molar-refractivity contribution in [3.8, 4) is 5.75 Å². The van der Waals surface area contributed by atoms with Gasteiger partial charge in [-0.05, 0) is 49.3 Å². The Balaban J connectivity index is 1.79. The van der Waals surface area contributed by atoms with E-state index < -0.39 is 0 Å². The lowest BCUT2D eigenvalue weighted by atomic mass is 10.1. The molecule has 1 aliphatic carbocycles. The van der Waals surface area contributed by atoms with E-state index in [-0.39, 0.29) is 18.1 Å². The third-order valence-electron chi connectivity index (χ3n) is 3.89. The molecule has 1 saturated carbocycles. The van der Waals surface area contributed by atoms with Gasteiger partial charge in [0, 0.05) is 16.7 Å². The maximum atomic E-state index is 11.3. The molecule has 1 aromatic rings. The Morgan fingerprint density at radius 3 is 2.81 bits per heavy atom. The van der Waals surface area contributed by atoms with Gasteiger partial charge in [-0.3, -0.25) is 0 Å². The van der Waals surface area contributed by atoms with E-state index in [4.69, 9.17) is 9.47 Å². The second-order valence-electron chi connectivity index (χ2n) is 5.33. The van der Waals surface area contributed by atoms with Crippen LogP contribution in [-0.2, 0) is 9.53 Å². The van der Waals surface area contributed by atoms with Gasteiger partial charge in [0.15, 0.2) is 0 Å². The average Bonchev–Trinajstić information content (AvgIpc) is 3.26. The molecule has 1 aromatic carbocycles. The zero-order valence-corrected chi connectivity index (χ0v) is 13.0.